The van der Waals surface area contributed by atoms with E-state index in [4.69, 9.17) is 16.3 Å². The zero-order valence-corrected chi connectivity index (χ0v) is 14.4. The zero-order chi connectivity index (χ0) is 17.6. The molecule has 0 spiro atoms. The first-order chi connectivity index (χ1) is 12.1. The van der Waals surface area contributed by atoms with Gasteiger partial charge in [-0.2, -0.15) is 0 Å². The summed E-state index contributed by atoms with van der Waals surface area (Å²) in [7, 11) is 1.51. The molecule has 0 unspecified atom stereocenters. The van der Waals surface area contributed by atoms with Crippen LogP contribution in [0.4, 0.5) is 11.5 Å². The number of rotatable bonds is 3. The molecule has 2 heterocycles. The first kappa shape index (κ1) is 15.5. The molecule has 0 radical (unpaired) electrons. The van der Waals surface area contributed by atoms with E-state index in [1.54, 1.807) is 24.7 Å². The lowest BCUT2D eigenvalue weighted by molar-refractivity contribution is 0.374. The second-order valence-electron chi connectivity index (χ2n) is 5.68. The van der Waals surface area contributed by atoms with Crippen molar-refractivity contribution < 1.29 is 9.84 Å². The number of benzene rings is 2. The van der Waals surface area contributed by atoms with Crippen LogP contribution in [0.5, 0.6) is 11.5 Å². The Morgan fingerprint density at radius 3 is 2.84 bits per heavy atom. The van der Waals surface area contributed by atoms with E-state index in [0.717, 1.165) is 22.3 Å². The molecule has 0 fully saturated rings. The molecule has 0 saturated heterocycles. The first-order valence-electron chi connectivity index (χ1n) is 7.63. The summed E-state index contributed by atoms with van der Waals surface area (Å²) in [4.78, 5) is 8.87. The summed E-state index contributed by atoms with van der Waals surface area (Å²) in [5.74, 6) is 1.01. The molecule has 0 amide bonds. The van der Waals surface area contributed by atoms with Gasteiger partial charge in [-0.05, 0) is 18.6 Å². The third kappa shape index (κ3) is 2.51. The lowest BCUT2D eigenvalue weighted by atomic mass is 10.2. The number of para-hydroxylation sites is 1. The maximum absolute atomic E-state index is 10.1. The number of aromatic nitrogens is 3. The van der Waals surface area contributed by atoms with E-state index in [0.29, 0.717) is 22.1 Å². The van der Waals surface area contributed by atoms with Crippen LogP contribution in [-0.2, 0) is 0 Å². The van der Waals surface area contributed by atoms with Crippen molar-refractivity contribution in [3.05, 3.63) is 53.4 Å². The summed E-state index contributed by atoms with van der Waals surface area (Å²) in [5.41, 5.74) is 3.97. The Hall–Kier alpha value is -2.99. The van der Waals surface area contributed by atoms with Crippen LogP contribution in [0.1, 0.15) is 5.56 Å². The van der Waals surface area contributed by atoms with Gasteiger partial charge in [0.2, 0.25) is 0 Å². The molecule has 0 aliphatic carbocycles. The Balaban J connectivity index is 1.96. The van der Waals surface area contributed by atoms with Crippen molar-refractivity contribution >= 4 is 39.7 Å². The third-order valence-electron chi connectivity index (χ3n) is 4.11. The number of aryl methyl sites for hydroxylation is 1. The summed E-state index contributed by atoms with van der Waals surface area (Å²) < 4.78 is 7.08. The van der Waals surface area contributed by atoms with Gasteiger partial charge < -0.3 is 15.2 Å². The van der Waals surface area contributed by atoms with Gasteiger partial charge in [0.15, 0.2) is 17.3 Å². The number of ether oxygens (including phenoxy) is 1. The minimum absolute atomic E-state index is 0.0295. The highest BCUT2D eigenvalue weighted by Gasteiger charge is 2.14. The number of nitrogens with one attached hydrogen (secondary N) is 1. The van der Waals surface area contributed by atoms with Gasteiger partial charge >= 0.3 is 0 Å². The molecule has 0 saturated carbocycles. The molecule has 0 bridgehead atoms. The van der Waals surface area contributed by atoms with E-state index in [1.807, 2.05) is 29.5 Å². The Labute approximate surface area is 148 Å². The Bertz CT molecular complexity index is 1090. The minimum Gasteiger partial charge on any atom is -0.504 e. The van der Waals surface area contributed by atoms with E-state index in [1.165, 1.54) is 7.11 Å². The van der Waals surface area contributed by atoms with Crippen LogP contribution in [0.2, 0.25) is 5.02 Å². The molecular weight excluding hydrogens is 340 g/mol. The number of methoxy groups -OCH3 is 1. The minimum atomic E-state index is 0.0295. The van der Waals surface area contributed by atoms with Crippen LogP contribution >= 0.6 is 11.6 Å². The quantitative estimate of drug-likeness (QED) is 0.574. The Morgan fingerprint density at radius 2 is 2.08 bits per heavy atom. The number of imidazole rings is 1. The molecule has 126 valence electrons. The lowest BCUT2D eigenvalue weighted by Gasteiger charge is -2.14. The number of hydrogen-bond acceptors (Lipinski definition) is 5. The van der Waals surface area contributed by atoms with Crippen molar-refractivity contribution in [2.24, 2.45) is 0 Å². The van der Waals surface area contributed by atoms with Gasteiger partial charge in [0.1, 0.15) is 5.52 Å². The van der Waals surface area contributed by atoms with Gasteiger partial charge in [-0.1, -0.05) is 23.7 Å². The van der Waals surface area contributed by atoms with Gasteiger partial charge in [0, 0.05) is 12.1 Å². The lowest BCUT2D eigenvalue weighted by Crippen LogP contribution is -2.01. The SMILES string of the molecule is COc1cc2c(cc1O)nc(Nc1c(C)cccc1Cl)c1cncn12. The average Bonchev–Trinajstić information content (AvgIpc) is 3.08. The fraction of sp³-hybridized carbons (Fsp3) is 0.111. The molecule has 0 atom stereocenters. The predicted molar refractivity (Wildman–Crippen MR) is 98.2 cm³/mol. The summed E-state index contributed by atoms with van der Waals surface area (Å²) in [5, 5.41) is 14.0. The summed E-state index contributed by atoms with van der Waals surface area (Å²) in [6.07, 6.45) is 3.42. The standard InChI is InChI=1S/C18H15ClN4O2/c1-10-4-3-5-11(19)17(10)22-18-14-8-20-9-23(14)13-7-16(25-2)15(24)6-12(13)21-18/h3-9,24H,1-2H3,(H,21,22). The fourth-order valence-corrected chi connectivity index (χ4v) is 3.10. The van der Waals surface area contributed by atoms with Gasteiger partial charge in [0.05, 0.1) is 41.4 Å². The maximum Gasteiger partial charge on any atom is 0.162 e. The molecule has 2 aromatic carbocycles. The number of fused-ring (bicyclic) bond motifs is 3. The summed E-state index contributed by atoms with van der Waals surface area (Å²) in [6.45, 7) is 1.97. The Kier molecular flexibility index (Phi) is 3.62. The number of halogens is 1. The Morgan fingerprint density at radius 1 is 1.24 bits per heavy atom. The largest absolute Gasteiger partial charge is 0.504 e. The van der Waals surface area contributed by atoms with Crippen molar-refractivity contribution in [1.82, 2.24) is 14.4 Å². The number of nitrogens with zero attached hydrogens (tertiary/aromatic N) is 3. The highest BCUT2D eigenvalue weighted by molar-refractivity contribution is 6.33. The van der Waals surface area contributed by atoms with Crippen molar-refractivity contribution in [1.29, 1.82) is 0 Å². The van der Waals surface area contributed by atoms with Crippen LogP contribution in [-0.4, -0.2) is 26.6 Å². The van der Waals surface area contributed by atoms with Crippen LogP contribution in [0.3, 0.4) is 0 Å². The smallest absolute Gasteiger partial charge is 0.162 e. The highest BCUT2D eigenvalue weighted by atomic mass is 35.5. The molecular formula is C18H15ClN4O2. The second kappa shape index (κ2) is 5.82. The molecule has 4 rings (SSSR count). The van der Waals surface area contributed by atoms with Crippen LogP contribution < -0.4 is 10.1 Å². The summed E-state index contributed by atoms with van der Waals surface area (Å²) >= 11 is 6.32. The van der Waals surface area contributed by atoms with E-state index < -0.39 is 0 Å². The van der Waals surface area contributed by atoms with E-state index >= 15 is 0 Å². The van der Waals surface area contributed by atoms with Crippen LogP contribution in [0, 0.1) is 6.92 Å². The van der Waals surface area contributed by atoms with Gasteiger partial charge in [-0.3, -0.25) is 4.40 Å². The van der Waals surface area contributed by atoms with Gasteiger partial charge in [-0.15, -0.1) is 0 Å². The van der Waals surface area contributed by atoms with Crippen LogP contribution in [0.25, 0.3) is 16.6 Å². The summed E-state index contributed by atoms with van der Waals surface area (Å²) in [6, 6.07) is 8.99. The average molecular weight is 355 g/mol. The van der Waals surface area contributed by atoms with Crippen LogP contribution in [0.15, 0.2) is 42.9 Å². The van der Waals surface area contributed by atoms with E-state index in [2.05, 4.69) is 15.3 Å². The van der Waals surface area contributed by atoms with Crippen molar-refractivity contribution in [2.45, 2.75) is 6.92 Å². The number of anilines is 2. The van der Waals surface area contributed by atoms with Gasteiger partial charge in [-0.25, -0.2) is 9.97 Å². The van der Waals surface area contributed by atoms with E-state index in [9.17, 15) is 5.11 Å². The molecule has 7 heteroatoms. The molecule has 4 aromatic rings. The number of aromatic hydroxyl groups is 1. The predicted octanol–water partition coefficient (Wildman–Crippen LogP) is 4.30. The molecule has 2 N–H and O–H groups in total. The van der Waals surface area contributed by atoms with Gasteiger partial charge in [0.25, 0.3) is 0 Å². The highest BCUT2D eigenvalue weighted by Crippen LogP contribution is 2.34. The number of phenols is 1. The second-order valence-corrected chi connectivity index (χ2v) is 6.09. The van der Waals surface area contributed by atoms with Crippen molar-refractivity contribution in [3.8, 4) is 11.5 Å². The maximum atomic E-state index is 10.1. The fourth-order valence-electron chi connectivity index (χ4n) is 2.83. The normalized spacial score (nSPS) is 11.2. The van der Waals surface area contributed by atoms with Crippen molar-refractivity contribution in [3.63, 3.8) is 0 Å². The topological polar surface area (TPSA) is 71.7 Å². The van der Waals surface area contributed by atoms with Crippen molar-refractivity contribution in [2.75, 3.05) is 12.4 Å². The molecule has 0 aliphatic rings. The molecule has 0 aliphatic heterocycles. The monoisotopic (exact) mass is 354 g/mol. The zero-order valence-electron chi connectivity index (χ0n) is 13.6. The molecule has 2 aromatic heterocycles. The van der Waals surface area contributed by atoms with E-state index in [-0.39, 0.29) is 5.75 Å². The number of phenolic OH excluding ortho intramolecular Hbond substituents is 1. The molecule has 25 heavy (non-hydrogen) atoms. The molecule has 6 nitrogen and oxygen atoms in total. The third-order valence-corrected chi connectivity index (χ3v) is 4.43. The first-order valence-corrected chi connectivity index (χ1v) is 8.01. The number of hydrogen-bond donors (Lipinski definition) is 2.